The van der Waals surface area contributed by atoms with Crippen molar-refractivity contribution >= 4 is 34.1 Å². The molecule has 2 heterocycles. The molecule has 9 nitrogen and oxygen atoms in total. The van der Waals surface area contributed by atoms with Crippen LogP contribution in [0.2, 0.25) is 0 Å². The van der Waals surface area contributed by atoms with Crippen molar-refractivity contribution in [2.45, 2.75) is 25.1 Å². The van der Waals surface area contributed by atoms with Gasteiger partial charge in [-0.1, -0.05) is 41.3 Å². The van der Waals surface area contributed by atoms with Gasteiger partial charge in [-0.05, 0) is 50.2 Å². The summed E-state index contributed by atoms with van der Waals surface area (Å²) in [6.07, 6.45) is -0.390. The molecule has 11 heteroatoms. The highest BCUT2D eigenvalue weighted by Gasteiger charge is 2.22. The number of rotatable bonds is 9. The van der Waals surface area contributed by atoms with E-state index in [1.165, 1.54) is 23.1 Å². The highest BCUT2D eigenvalue weighted by Crippen LogP contribution is 2.28. The summed E-state index contributed by atoms with van der Waals surface area (Å²) in [6.45, 7) is 3.74. The summed E-state index contributed by atoms with van der Waals surface area (Å²) in [4.78, 5) is 12.4. The number of para-hydroxylation sites is 1. The number of benzene rings is 2. The van der Waals surface area contributed by atoms with Crippen molar-refractivity contribution in [3.8, 4) is 17.2 Å². The van der Waals surface area contributed by atoms with Crippen LogP contribution < -0.4 is 14.8 Å². The number of aryl methyl sites for hydroxylation is 1. The lowest BCUT2D eigenvalue weighted by atomic mass is 10.3. The molecule has 4 rings (SSSR count). The fourth-order valence-electron chi connectivity index (χ4n) is 3.00. The van der Waals surface area contributed by atoms with Crippen molar-refractivity contribution in [3.63, 3.8) is 0 Å². The third kappa shape index (κ3) is 5.68. The maximum Gasteiger partial charge on any atom is 0.236 e. The van der Waals surface area contributed by atoms with Crippen LogP contribution in [0.4, 0.5) is 5.13 Å². The Balaban J connectivity index is 1.53. The van der Waals surface area contributed by atoms with Gasteiger partial charge in [0.1, 0.15) is 16.5 Å². The number of ether oxygens (including phenoxy) is 2. The lowest BCUT2D eigenvalue weighted by molar-refractivity contribution is -0.113. The van der Waals surface area contributed by atoms with Crippen LogP contribution in [0.25, 0.3) is 5.69 Å². The number of thioether (sulfide) groups is 1. The first-order valence-corrected chi connectivity index (χ1v) is 11.9. The van der Waals surface area contributed by atoms with Gasteiger partial charge in [-0.15, -0.1) is 20.4 Å². The van der Waals surface area contributed by atoms with Gasteiger partial charge in [-0.3, -0.25) is 14.7 Å². The number of aromatic nitrogens is 5. The van der Waals surface area contributed by atoms with Crippen LogP contribution in [-0.4, -0.2) is 43.7 Å². The molecule has 0 spiro atoms. The summed E-state index contributed by atoms with van der Waals surface area (Å²) in [7, 11) is 1.62. The molecule has 0 bridgehead atoms. The van der Waals surface area contributed by atoms with E-state index < -0.39 is 6.10 Å². The predicted molar refractivity (Wildman–Crippen MR) is 127 cm³/mol. The van der Waals surface area contributed by atoms with Crippen molar-refractivity contribution < 1.29 is 14.3 Å². The molecule has 4 aromatic rings. The molecule has 2 aromatic heterocycles. The molecule has 0 aliphatic carbocycles. The first kappa shape index (κ1) is 22.7. The van der Waals surface area contributed by atoms with E-state index in [0.29, 0.717) is 21.9 Å². The standard InChI is InChI=1S/C22H22N6O3S2/c1-14(31-18-11-9-17(30-3)10-12-18)20-25-27-22(28(20)16-7-5-4-6-8-16)32-13-19(29)23-21-26-24-15(2)33-21/h4-12,14H,13H2,1-3H3,(H,23,26,29). The SMILES string of the molecule is COc1ccc(OC(C)c2nnc(SCC(=O)Nc3nnc(C)s3)n2-c2ccccc2)cc1. The van der Waals surface area contributed by atoms with Gasteiger partial charge in [-0.25, -0.2) is 0 Å². The van der Waals surface area contributed by atoms with E-state index >= 15 is 0 Å². The minimum Gasteiger partial charge on any atom is -0.497 e. The summed E-state index contributed by atoms with van der Waals surface area (Å²) in [5, 5.41) is 21.2. The Hall–Kier alpha value is -3.44. The highest BCUT2D eigenvalue weighted by atomic mass is 32.2. The molecule has 0 radical (unpaired) electrons. The predicted octanol–water partition coefficient (Wildman–Crippen LogP) is 4.31. The number of carbonyl (C=O) groups excluding carboxylic acids is 1. The van der Waals surface area contributed by atoms with Gasteiger partial charge in [0.15, 0.2) is 17.1 Å². The van der Waals surface area contributed by atoms with Crippen LogP contribution in [-0.2, 0) is 4.79 Å². The minimum absolute atomic E-state index is 0.150. The quantitative estimate of drug-likeness (QED) is 0.352. The van der Waals surface area contributed by atoms with E-state index in [2.05, 4.69) is 25.7 Å². The molecule has 1 atom stereocenters. The smallest absolute Gasteiger partial charge is 0.236 e. The van der Waals surface area contributed by atoms with Crippen LogP contribution in [0.3, 0.4) is 0 Å². The van der Waals surface area contributed by atoms with Crippen LogP contribution in [0.1, 0.15) is 23.9 Å². The van der Waals surface area contributed by atoms with E-state index in [-0.39, 0.29) is 11.7 Å². The van der Waals surface area contributed by atoms with E-state index in [1.54, 1.807) is 7.11 Å². The molecule has 0 aliphatic heterocycles. The fourth-order valence-corrected chi connectivity index (χ4v) is 4.37. The number of carbonyl (C=O) groups is 1. The van der Waals surface area contributed by atoms with Crippen molar-refractivity contribution in [1.29, 1.82) is 0 Å². The van der Waals surface area contributed by atoms with E-state index in [4.69, 9.17) is 9.47 Å². The number of hydrogen-bond acceptors (Lipinski definition) is 9. The maximum atomic E-state index is 12.4. The zero-order valence-corrected chi connectivity index (χ0v) is 19.9. The molecule has 170 valence electrons. The van der Waals surface area contributed by atoms with Crippen LogP contribution >= 0.6 is 23.1 Å². The zero-order valence-electron chi connectivity index (χ0n) is 18.3. The average Bonchev–Trinajstić information content (AvgIpc) is 3.44. The van der Waals surface area contributed by atoms with Crippen LogP contribution in [0, 0.1) is 6.92 Å². The average molecular weight is 483 g/mol. The van der Waals surface area contributed by atoms with Gasteiger partial charge in [0.2, 0.25) is 11.0 Å². The normalized spacial score (nSPS) is 11.7. The number of anilines is 1. The van der Waals surface area contributed by atoms with Gasteiger partial charge < -0.3 is 9.47 Å². The monoisotopic (exact) mass is 482 g/mol. The summed E-state index contributed by atoms with van der Waals surface area (Å²) in [5.74, 6) is 2.02. The number of nitrogens with one attached hydrogen (secondary N) is 1. The van der Waals surface area contributed by atoms with Gasteiger partial charge in [0, 0.05) is 5.69 Å². The summed E-state index contributed by atoms with van der Waals surface area (Å²) < 4.78 is 13.2. The second-order valence-corrected chi connectivity index (χ2v) is 9.03. The largest absolute Gasteiger partial charge is 0.497 e. The first-order chi connectivity index (χ1) is 16.0. The van der Waals surface area contributed by atoms with E-state index in [0.717, 1.165) is 16.4 Å². The lowest BCUT2D eigenvalue weighted by Crippen LogP contribution is -2.15. The molecule has 1 N–H and O–H groups in total. The molecule has 0 saturated carbocycles. The Labute approximate surface area is 199 Å². The molecule has 1 unspecified atom stereocenters. The molecule has 0 saturated heterocycles. The van der Waals surface area contributed by atoms with Gasteiger partial charge in [-0.2, -0.15) is 0 Å². The van der Waals surface area contributed by atoms with Crippen LogP contribution in [0.5, 0.6) is 11.5 Å². The third-order valence-corrected chi connectivity index (χ3v) is 6.20. The second-order valence-electron chi connectivity index (χ2n) is 6.91. The van der Waals surface area contributed by atoms with E-state index in [1.807, 2.05) is 73.0 Å². The Morgan fingerprint density at radius 2 is 1.79 bits per heavy atom. The number of nitrogens with zero attached hydrogens (tertiary/aromatic N) is 5. The Morgan fingerprint density at radius 1 is 1.06 bits per heavy atom. The molecular formula is C22H22N6O3S2. The van der Waals surface area contributed by atoms with Gasteiger partial charge >= 0.3 is 0 Å². The maximum absolute atomic E-state index is 12.4. The Bertz CT molecular complexity index is 1210. The first-order valence-electron chi connectivity index (χ1n) is 10.1. The second kappa shape index (κ2) is 10.5. The van der Waals surface area contributed by atoms with Crippen molar-refractivity contribution in [3.05, 3.63) is 65.4 Å². The fraction of sp³-hybridized carbons (Fsp3) is 0.227. The number of methoxy groups -OCH3 is 1. The summed E-state index contributed by atoms with van der Waals surface area (Å²) in [6, 6.07) is 17.1. The Kier molecular flexibility index (Phi) is 7.20. The lowest BCUT2D eigenvalue weighted by Gasteiger charge is -2.17. The number of hydrogen-bond donors (Lipinski definition) is 1. The molecule has 1 amide bonds. The Morgan fingerprint density at radius 3 is 2.45 bits per heavy atom. The molecular weight excluding hydrogens is 460 g/mol. The highest BCUT2D eigenvalue weighted by molar-refractivity contribution is 7.99. The minimum atomic E-state index is -0.390. The summed E-state index contributed by atoms with van der Waals surface area (Å²) in [5.41, 5.74) is 0.880. The van der Waals surface area contributed by atoms with E-state index in [9.17, 15) is 4.79 Å². The summed E-state index contributed by atoms with van der Waals surface area (Å²) >= 11 is 2.62. The number of amides is 1. The topological polar surface area (TPSA) is 104 Å². The van der Waals surface area contributed by atoms with Gasteiger partial charge in [0.05, 0.1) is 12.9 Å². The molecule has 0 fully saturated rings. The molecule has 33 heavy (non-hydrogen) atoms. The molecule has 2 aromatic carbocycles. The molecule has 0 aliphatic rings. The van der Waals surface area contributed by atoms with Gasteiger partial charge in [0.25, 0.3) is 0 Å². The van der Waals surface area contributed by atoms with Crippen LogP contribution in [0.15, 0.2) is 59.8 Å². The third-order valence-electron chi connectivity index (χ3n) is 4.51. The zero-order chi connectivity index (χ0) is 23.2. The van der Waals surface area contributed by atoms with Crippen molar-refractivity contribution in [2.24, 2.45) is 0 Å². The van der Waals surface area contributed by atoms with Crippen molar-refractivity contribution in [2.75, 3.05) is 18.2 Å². The van der Waals surface area contributed by atoms with Crippen molar-refractivity contribution in [1.82, 2.24) is 25.0 Å².